The van der Waals surface area contributed by atoms with Gasteiger partial charge in [-0.25, -0.2) is 0 Å². The first-order valence-corrected chi connectivity index (χ1v) is 5.88. The lowest BCUT2D eigenvalue weighted by Crippen LogP contribution is -2.14. The van der Waals surface area contributed by atoms with Crippen molar-refractivity contribution in [1.82, 2.24) is 0 Å². The van der Waals surface area contributed by atoms with Crippen LogP contribution in [0.4, 0.5) is 0 Å². The van der Waals surface area contributed by atoms with Crippen LogP contribution in [0.15, 0.2) is 0 Å². The Morgan fingerprint density at radius 2 is 1.64 bits per heavy atom. The molecular formula is C12H24O2. The molecule has 0 saturated heterocycles. The van der Waals surface area contributed by atoms with Crippen LogP contribution < -0.4 is 0 Å². The van der Waals surface area contributed by atoms with Gasteiger partial charge >= 0.3 is 5.97 Å². The molecule has 84 valence electrons. The summed E-state index contributed by atoms with van der Waals surface area (Å²) >= 11 is 0. The molecule has 1 N–H and O–H groups in total. The van der Waals surface area contributed by atoms with Gasteiger partial charge in [0, 0.05) is 0 Å². The zero-order chi connectivity index (χ0) is 11.0. The van der Waals surface area contributed by atoms with Gasteiger partial charge in [-0.2, -0.15) is 0 Å². The lowest BCUT2D eigenvalue weighted by atomic mass is 9.90. The molecule has 0 aromatic heterocycles. The van der Waals surface area contributed by atoms with Crippen molar-refractivity contribution in [2.75, 3.05) is 0 Å². The third-order valence-corrected chi connectivity index (χ3v) is 3.06. The molecule has 1 atom stereocenters. The van der Waals surface area contributed by atoms with E-state index < -0.39 is 5.97 Å². The largest absolute Gasteiger partial charge is 0.481 e. The molecule has 0 heterocycles. The predicted octanol–water partition coefficient (Wildman–Crippen LogP) is 3.70. The molecule has 0 rings (SSSR count). The fraction of sp³-hybridized carbons (Fsp3) is 0.917. The van der Waals surface area contributed by atoms with Crippen molar-refractivity contribution >= 4 is 5.97 Å². The average Bonchev–Trinajstić information content (AvgIpc) is 2.17. The standard InChI is InChI=1S/C12H24O2/c1-4-7-11(12(13)14)9-8-10(5-2)6-3/h10-11H,4-9H2,1-3H3,(H,13,14). The monoisotopic (exact) mass is 200 g/mol. The van der Waals surface area contributed by atoms with Gasteiger partial charge in [0.1, 0.15) is 0 Å². The normalized spacial score (nSPS) is 13.1. The summed E-state index contributed by atoms with van der Waals surface area (Å²) in [5.74, 6) is -0.00730. The second kappa shape index (κ2) is 7.84. The minimum Gasteiger partial charge on any atom is -0.481 e. The Morgan fingerprint density at radius 3 is 2.00 bits per heavy atom. The van der Waals surface area contributed by atoms with E-state index in [1.165, 1.54) is 12.8 Å². The number of carbonyl (C=O) groups is 1. The molecule has 0 fully saturated rings. The van der Waals surface area contributed by atoms with E-state index in [4.69, 9.17) is 5.11 Å². The zero-order valence-electron chi connectivity index (χ0n) is 9.75. The highest BCUT2D eigenvalue weighted by atomic mass is 16.4. The Labute approximate surface area is 87.7 Å². The van der Waals surface area contributed by atoms with E-state index in [2.05, 4.69) is 13.8 Å². The smallest absolute Gasteiger partial charge is 0.306 e. The van der Waals surface area contributed by atoms with Crippen molar-refractivity contribution in [1.29, 1.82) is 0 Å². The van der Waals surface area contributed by atoms with E-state index in [1.807, 2.05) is 6.92 Å². The van der Waals surface area contributed by atoms with Gasteiger partial charge < -0.3 is 5.11 Å². The van der Waals surface area contributed by atoms with Gasteiger partial charge in [-0.1, -0.05) is 40.0 Å². The van der Waals surface area contributed by atoms with Crippen LogP contribution in [0.3, 0.4) is 0 Å². The number of hydrogen-bond acceptors (Lipinski definition) is 1. The second-order valence-corrected chi connectivity index (χ2v) is 4.08. The summed E-state index contributed by atoms with van der Waals surface area (Å²) in [6, 6.07) is 0. The van der Waals surface area contributed by atoms with E-state index in [0.29, 0.717) is 5.92 Å². The quantitative estimate of drug-likeness (QED) is 0.648. The Balaban J connectivity index is 3.85. The van der Waals surface area contributed by atoms with Crippen LogP contribution in [0.25, 0.3) is 0 Å². The molecule has 0 bridgehead atoms. The highest BCUT2D eigenvalue weighted by molar-refractivity contribution is 5.69. The fourth-order valence-electron chi connectivity index (χ4n) is 1.87. The number of carboxylic acids is 1. The van der Waals surface area contributed by atoms with Crippen LogP contribution in [-0.4, -0.2) is 11.1 Å². The Morgan fingerprint density at radius 1 is 1.07 bits per heavy atom. The van der Waals surface area contributed by atoms with Gasteiger partial charge in [0.25, 0.3) is 0 Å². The molecule has 2 nitrogen and oxygen atoms in total. The summed E-state index contributed by atoms with van der Waals surface area (Å²) < 4.78 is 0. The van der Waals surface area contributed by atoms with Gasteiger partial charge in [0.2, 0.25) is 0 Å². The maximum Gasteiger partial charge on any atom is 0.306 e. The Kier molecular flexibility index (Phi) is 7.54. The highest BCUT2D eigenvalue weighted by Gasteiger charge is 2.17. The van der Waals surface area contributed by atoms with Crippen LogP contribution in [0.2, 0.25) is 0 Å². The van der Waals surface area contributed by atoms with Crippen LogP contribution >= 0.6 is 0 Å². The first kappa shape index (κ1) is 13.5. The first-order valence-electron chi connectivity index (χ1n) is 5.88. The van der Waals surface area contributed by atoms with E-state index >= 15 is 0 Å². The average molecular weight is 200 g/mol. The molecule has 1 unspecified atom stereocenters. The number of hydrogen-bond donors (Lipinski definition) is 1. The van der Waals surface area contributed by atoms with E-state index in [1.54, 1.807) is 0 Å². The van der Waals surface area contributed by atoms with Gasteiger partial charge in [-0.3, -0.25) is 4.79 Å². The molecule has 0 radical (unpaired) electrons. The Bertz CT molecular complexity index is 150. The van der Waals surface area contributed by atoms with Crippen LogP contribution in [0.5, 0.6) is 0 Å². The van der Waals surface area contributed by atoms with Crippen molar-refractivity contribution in [2.45, 2.75) is 59.3 Å². The van der Waals surface area contributed by atoms with Gasteiger partial charge in [-0.15, -0.1) is 0 Å². The van der Waals surface area contributed by atoms with Gasteiger partial charge in [0.05, 0.1) is 5.92 Å². The predicted molar refractivity (Wildman–Crippen MR) is 59.3 cm³/mol. The molecule has 0 saturated carbocycles. The lowest BCUT2D eigenvalue weighted by Gasteiger charge is -2.15. The fourth-order valence-corrected chi connectivity index (χ4v) is 1.87. The summed E-state index contributed by atoms with van der Waals surface area (Å²) in [4.78, 5) is 10.9. The van der Waals surface area contributed by atoms with Crippen molar-refractivity contribution < 1.29 is 9.90 Å². The maximum atomic E-state index is 10.9. The van der Waals surface area contributed by atoms with Crippen molar-refractivity contribution in [3.63, 3.8) is 0 Å². The van der Waals surface area contributed by atoms with Gasteiger partial charge in [0.15, 0.2) is 0 Å². The Hall–Kier alpha value is -0.530. The van der Waals surface area contributed by atoms with Crippen molar-refractivity contribution in [3.8, 4) is 0 Å². The SMILES string of the molecule is CCCC(CCC(CC)CC)C(=O)O. The summed E-state index contributed by atoms with van der Waals surface area (Å²) in [6.45, 7) is 6.42. The molecule has 0 spiro atoms. The summed E-state index contributed by atoms with van der Waals surface area (Å²) in [6.07, 6.45) is 6.08. The number of aliphatic carboxylic acids is 1. The summed E-state index contributed by atoms with van der Waals surface area (Å²) in [5.41, 5.74) is 0. The molecule has 0 amide bonds. The molecule has 0 aliphatic carbocycles. The maximum absolute atomic E-state index is 10.9. The highest BCUT2D eigenvalue weighted by Crippen LogP contribution is 2.21. The number of rotatable bonds is 8. The van der Waals surface area contributed by atoms with Gasteiger partial charge in [-0.05, 0) is 25.2 Å². The third-order valence-electron chi connectivity index (χ3n) is 3.06. The van der Waals surface area contributed by atoms with E-state index in [9.17, 15) is 4.79 Å². The zero-order valence-corrected chi connectivity index (χ0v) is 9.75. The molecule has 0 aromatic carbocycles. The van der Waals surface area contributed by atoms with Crippen LogP contribution in [0.1, 0.15) is 59.3 Å². The third kappa shape index (κ3) is 5.25. The molecule has 0 aliphatic rings. The molecule has 0 aliphatic heterocycles. The van der Waals surface area contributed by atoms with Crippen molar-refractivity contribution in [2.24, 2.45) is 11.8 Å². The molecule has 2 heteroatoms. The van der Waals surface area contributed by atoms with E-state index in [0.717, 1.165) is 25.7 Å². The summed E-state index contributed by atoms with van der Waals surface area (Å²) in [7, 11) is 0. The minimum absolute atomic E-state index is 0.111. The van der Waals surface area contributed by atoms with Crippen LogP contribution in [-0.2, 0) is 4.79 Å². The van der Waals surface area contributed by atoms with Crippen molar-refractivity contribution in [3.05, 3.63) is 0 Å². The van der Waals surface area contributed by atoms with Crippen LogP contribution in [0, 0.1) is 11.8 Å². The number of carboxylic acid groups (broad SMARTS) is 1. The molecule has 14 heavy (non-hydrogen) atoms. The first-order chi connectivity index (χ1) is 6.65. The minimum atomic E-state index is -0.613. The van der Waals surface area contributed by atoms with E-state index in [-0.39, 0.29) is 5.92 Å². The molecule has 0 aromatic rings. The topological polar surface area (TPSA) is 37.3 Å². The summed E-state index contributed by atoms with van der Waals surface area (Å²) in [5, 5.41) is 8.96. The second-order valence-electron chi connectivity index (χ2n) is 4.08. The lowest BCUT2D eigenvalue weighted by molar-refractivity contribution is -0.142. The molecular weight excluding hydrogens is 176 g/mol.